The van der Waals surface area contributed by atoms with Crippen LogP contribution < -0.4 is 0 Å². The van der Waals surface area contributed by atoms with Gasteiger partial charge in [-0.2, -0.15) is 18.3 Å². The summed E-state index contributed by atoms with van der Waals surface area (Å²) in [5.74, 6) is -1.63. The second-order valence-corrected chi connectivity index (χ2v) is 4.79. The molecule has 0 N–H and O–H groups in total. The summed E-state index contributed by atoms with van der Waals surface area (Å²) in [4.78, 5) is 0. The van der Waals surface area contributed by atoms with Crippen molar-refractivity contribution in [2.24, 2.45) is 0 Å². The Morgan fingerprint density at radius 1 is 0.870 bits per heavy atom. The number of aromatic nitrogens is 2. The molecule has 7 heteroatoms. The summed E-state index contributed by atoms with van der Waals surface area (Å²) in [6.07, 6.45) is -3.19. The van der Waals surface area contributed by atoms with E-state index < -0.39 is 23.4 Å². The standard InChI is InChI=1S/C16H9F5N2/c17-12-5-2-6-13(18)15(12)23-8-7-14(22-23)10-3-1-4-11(9-10)16(19,20)21/h1-9H. The van der Waals surface area contributed by atoms with Gasteiger partial charge >= 0.3 is 6.18 Å². The van der Waals surface area contributed by atoms with Gasteiger partial charge in [-0.3, -0.25) is 0 Å². The van der Waals surface area contributed by atoms with E-state index in [1.165, 1.54) is 30.5 Å². The monoisotopic (exact) mass is 324 g/mol. The average Bonchev–Trinajstić information content (AvgIpc) is 2.96. The van der Waals surface area contributed by atoms with Crippen molar-refractivity contribution >= 4 is 0 Å². The number of nitrogens with zero attached hydrogens (tertiary/aromatic N) is 2. The van der Waals surface area contributed by atoms with E-state index in [4.69, 9.17) is 0 Å². The molecule has 3 rings (SSSR count). The van der Waals surface area contributed by atoms with Crippen molar-refractivity contribution in [3.63, 3.8) is 0 Å². The first kappa shape index (κ1) is 15.2. The number of para-hydroxylation sites is 1. The summed E-state index contributed by atoms with van der Waals surface area (Å²) in [6.45, 7) is 0. The van der Waals surface area contributed by atoms with Gasteiger partial charge in [0.2, 0.25) is 0 Å². The largest absolute Gasteiger partial charge is 0.416 e. The van der Waals surface area contributed by atoms with Gasteiger partial charge in [-0.05, 0) is 30.3 Å². The Morgan fingerprint density at radius 2 is 1.52 bits per heavy atom. The summed E-state index contributed by atoms with van der Waals surface area (Å²) in [5.41, 5.74) is -0.818. The lowest BCUT2D eigenvalue weighted by Gasteiger charge is -2.07. The van der Waals surface area contributed by atoms with Crippen LogP contribution in [0.3, 0.4) is 0 Å². The summed E-state index contributed by atoms with van der Waals surface area (Å²) in [5, 5.41) is 3.96. The first-order valence-corrected chi connectivity index (χ1v) is 6.54. The second kappa shape index (κ2) is 5.49. The van der Waals surface area contributed by atoms with Gasteiger partial charge in [0.25, 0.3) is 0 Å². The molecule has 0 aliphatic carbocycles. The molecule has 0 bridgehead atoms. The maximum Gasteiger partial charge on any atom is 0.416 e. The highest BCUT2D eigenvalue weighted by Crippen LogP contribution is 2.32. The lowest BCUT2D eigenvalue weighted by Crippen LogP contribution is -2.05. The predicted octanol–water partition coefficient (Wildman–Crippen LogP) is 4.84. The van der Waals surface area contributed by atoms with Crippen molar-refractivity contribution in [2.45, 2.75) is 6.18 Å². The molecule has 2 nitrogen and oxygen atoms in total. The fourth-order valence-electron chi connectivity index (χ4n) is 2.17. The number of hydrogen-bond acceptors (Lipinski definition) is 1. The minimum Gasteiger partial charge on any atom is -0.234 e. The lowest BCUT2D eigenvalue weighted by molar-refractivity contribution is -0.137. The van der Waals surface area contributed by atoms with Crippen LogP contribution in [0.1, 0.15) is 5.56 Å². The van der Waals surface area contributed by atoms with Crippen LogP contribution in [0.4, 0.5) is 22.0 Å². The molecule has 0 saturated carbocycles. The fraction of sp³-hybridized carbons (Fsp3) is 0.0625. The Bertz CT molecular complexity index is 831. The number of rotatable bonds is 2. The minimum atomic E-state index is -4.48. The van der Waals surface area contributed by atoms with E-state index in [1.54, 1.807) is 0 Å². The number of hydrogen-bond donors (Lipinski definition) is 0. The van der Waals surface area contributed by atoms with Gasteiger partial charge < -0.3 is 0 Å². The van der Waals surface area contributed by atoms with Crippen molar-refractivity contribution < 1.29 is 22.0 Å². The molecular formula is C16H9F5N2. The molecule has 0 saturated heterocycles. The van der Waals surface area contributed by atoms with Gasteiger partial charge in [0.15, 0.2) is 11.6 Å². The molecule has 1 heterocycles. The van der Waals surface area contributed by atoms with Crippen molar-refractivity contribution in [2.75, 3.05) is 0 Å². The van der Waals surface area contributed by atoms with Gasteiger partial charge in [-0.15, -0.1) is 0 Å². The SMILES string of the molecule is Fc1cccc(F)c1-n1ccc(-c2cccc(C(F)(F)F)c2)n1. The van der Waals surface area contributed by atoms with Crippen LogP contribution in [-0.4, -0.2) is 9.78 Å². The molecule has 0 fully saturated rings. The highest BCUT2D eigenvalue weighted by atomic mass is 19.4. The average molecular weight is 324 g/mol. The predicted molar refractivity (Wildman–Crippen MR) is 73.9 cm³/mol. The third kappa shape index (κ3) is 2.94. The van der Waals surface area contributed by atoms with Crippen LogP contribution >= 0.6 is 0 Å². The van der Waals surface area contributed by atoms with Crippen molar-refractivity contribution in [3.05, 3.63) is 71.9 Å². The summed E-state index contributed by atoms with van der Waals surface area (Å²) < 4.78 is 66.6. The maximum absolute atomic E-state index is 13.7. The zero-order valence-corrected chi connectivity index (χ0v) is 11.5. The van der Waals surface area contributed by atoms with Gasteiger partial charge in [-0.1, -0.05) is 18.2 Å². The highest BCUT2D eigenvalue weighted by Gasteiger charge is 2.30. The molecule has 0 aliphatic rings. The Hall–Kier alpha value is -2.70. The van der Waals surface area contributed by atoms with Crippen molar-refractivity contribution in [3.8, 4) is 16.9 Å². The quantitative estimate of drug-likeness (QED) is 0.617. The van der Waals surface area contributed by atoms with E-state index in [0.717, 1.165) is 28.9 Å². The van der Waals surface area contributed by atoms with Crippen LogP contribution in [0.5, 0.6) is 0 Å². The molecule has 0 atom stereocenters. The molecule has 0 spiro atoms. The number of benzene rings is 2. The Kier molecular flexibility index (Phi) is 3.63. The zero-order chi connectivity index (χ0) is 16.6. The smallest absolute Gasteiger partial charge is 0.234 e. The topological polar surface area (TPSA) is 17.8 Å². The number of halogens is 5. The van der Waals surface area contributed by atoms with Gasteiger partial charge in [0.05, 0.1) is 11.3 Å². The summed E-state index contributed by atoms with van der Waals surface area (Å²) in [6, 6.07) is 9.32. The molecular weight excluding hydrogens is 315 g/mol. The molecule has 3 aromatic rings. The number of alkyl halides is 3. The van der Waals surface area contributed by atoms with E-state index in [2.05, 4.69) is 5.10 Å². The van der Waals surface area contributed by atoms with E-state index in [-0.39, 0.29) is 16.9 Å². The Balaban J connectivity index is 2.03. The van der Waals surface area contributed by atoms with E-state index in [0.29, 0.717) is 0 Å². The lowest BCUT2D eigenvalue weighted by atomic mass is 10.1. The maximum atomic E-state index is 13.7. The fourth-order valence-corrected chi connectivity index (χ4v) is 2.17. The van der Waals surface area contributed by atoms with Gasteiger partial charge in [0, 0.05) is 11.8 Å². The van der Waals surface area contributed by atoms with E-state index >= 15 is 0 Å². The van der Waals surface area contributed by atoms with Crippen molar-refractivity contribution in [1.29, 1.82) is 0 Å². The third-order valence-electron chi connectivity index (χ3n) is 3.24. The molecule has 0 radical (unpaired) electrons. The van der Waals surface area contributed by atoms with E-state index in [1.807, 2.05) is 0 Å². The second-order valence-electron chi connectivity index (χ2n) is 4.79. The van der Waals surface area contributed by atoms with Crippen LogP contribution in [-0.2, 0) is 6.18 Å². The van der Waals surface area contributed by atoms with Crippen LogP contribution in [0.2, 0.25) is 0 Å². The van der Waals surface area contributed by atoms with Crippen LogP contribution in [0.25, 0.3) is 16.9 Å². The van der Waals surface area contributed by atoms with Gasteiger partial charge in [-0.25, -0.2) is 13.5 Å². The Labute approximate surface area is 127 Å². The molecule has 1 aromatic heterocycles. The minimum absolute atomic E-state index is 0.179. The molecule has 0 aliphatic heterocycles. The summed E-state index contributed by atoms with van der Waals surface area (Å²) >= 11 is 0. The van der Waals surface area contributed by atoms with E-state index in [9.17, 15) is 22.0 Å². The van der Waals surface area contributed by atoms with Crippen molar-refractivity contribution in [1.82, 2.24) is 9.78 Å². The normalized spacial score (nSPS) is 11.7. The first-order valence-electron chi connectivity index (χ1n) is 6.54. The van der Waals surface area contributed by atoms with Gasteiger partial charge in [0.1, 0.15) is 5.69 Å². The molecule has 2 aromatic carbocycles. The Morgan fingerprint density at radius 3 is 2.17 bits per heavy atom. The third-order valence-corrected chi connectivity index (χ3v) is 3.24. The first-order chi connectivity index (χ1) is 10.9. The molecule has 0 amide bonds. The van der Waals surface area contributed by atoms with Crippen LogP contribution in [0.15, 0.2) is 54.7 Å². The zero-order valence-electron chi connectivity index (χ0n) is 11.5. The highest BCUT2D eigenvalue weighted by molar-refractivity contribution is 5.60. The molecule has 118 valence electrons. The van der Waals surface area contributed by atoms with Crippen LogP contribution in [0, 0.1) is 11.6 Å². The molecule has 0 unspecified atom stereocenters. The molecule has 23 heavy (non-hydrogen) atoms. The summed E-state index contributed by atoms with van der Waals surface area (Å²) in [7, 11) is 0.